The summed E-state index contributed by atoms with van der Waals surface area (Å²) < 4.78 is 47.3. The molecule has 0 bridgehead atoms. The zero-order valence-corrected chi connectivity index (χ0v) is 20.7. The molecule has 2 aromatic carbocycles. The zero-order chi connectivity index (χ0) is 25.0. The van der Waals surface area contributed by atoms with Gasteiger partial charge in [0.2, 0.25) is 15.9 Å². The summed E-state index contributed by atoms with van der Waals surface area (Å²) >= 11 is 6.14. The lowest BCUT2D eigenvalue weighted by Gasteiger charge is -2.30. The van der Waals surface area contributed by atoms with Crippen LogP contribution in [-0.4, -0.2) is 36.9 Å². The molecular formula is C25H25ClFN3O4S. The van der Waals surface area contributed by atoms with Gasteiger partial charge in [-0.1, -0.05) is 53.2 Å². The number of rotatable bonds is 7. The summed E-state index contributed by atoms with van der Waals surface area (Å²) in [5.74, 6) is -0.825. The minimum Gasteiger partial charge on any atom is -0.355 e. The summed E-state index contributed by atoms with van der Waals surface area (Å²) in [7, 11) is -3.92. The number of hydrogen-bond acceptors (Lipinski definition) is 5. The number of nitrogens with zero attached hydrogens (tertiary/aromatic N) is 2. The second-order valence-electron chi connectivity index (χ2n) is 8.30. The van der Waals surface area contributed by atoms with Gasteiger partial charge in [-0.15, -0.1) is 0 Å². The van der Waals surface area contributed by atoms with E-state index in [2.05, 4.69) is 10.5 Å². The van der Waals surface area contributed by atoms with E-state index in [-0.39, 0.29) is 41.3 Å². The van der Waals surface area contributed by atoms with Crippen LogP contribution < -0.4 is 5.32 Å². The largest absolute Gasteiger partial charge is 0.355 e. The average molecular weight is 518 g/mol. The van der Waals surface area contributed by atoms with Gasteiger partial charge in [-0.05, 0) is 49.6 Å². The Balaban J connectivity index is 1.42. The monoisotopic (exact) mass is 517 g/mol. The van der Waals surface area contributed by atoms with Crippen LogP contribution in [0, 0.1) is 18.7 Å². The minimum absolute atomic E-state index is 0.0327. The number of amides is 1. The number of carbonyl (C=O) groups is 1. The van der Waals surface area contributed by atoms with Gasteiger partial charge < -0.3 is 9.84 Å². The highest BCUT2D eigenvalue weighted by Crippen LogP contribution is 2.29. The van der Waals surface area contributed by atoms with E-state index in [0.717, 1.165) is 5.56 Å². The Morgan fingerprint density at radius 1 is 1.17 bits per heavy atom. The van der Waals surface area contributed by atoms with Gasteiger partial charge in [0.15, 0.2) is 10.7 Å². The fraction of sp³-hybridized carbons (Fsp3) is 0.280. The van der Waals surface area contributed by atoms with Gasteiger partial charge in [0, 0.05) is 36.1 Å². The Hall–Kier alpha value is -3.01. The van der Waals surface area contributed by atoms with Crippen molar-refractivity contribution in [3.05, 3.63) is 82.0 Å². The van der Waals surface area contributed by atoms with Crippen LogP contribution in [0.3, 0.4) is 0 Å². The van der Waals surface area contributed by atoms with E-state index in [9.17, 15) is 17.6 Å². The molecule has 0 unspecified atom stereocenters. The molecule has 2 heterocycles. The Bertz CT molecular complexity index is 1350. The van der Waals surface area contributed by atoms with Gasteiger partial charge in [-0.2, -0.15) is 4.31 Å². The standard InChI is InChI=1S/C25H25ClFN3O4S/c1-17-24(23(34-29-17)11-10-18-6-3-5-9-22(18)27)35(32,33)30-14-12-19(13-15-30)25(31)28-16-20-7-2-4-8-21(20)26/h2-11,19H,12-16H2,1H3,(H,28,31)/b11-10+. The maximum absolute atomic E-state index is 13.9. The molecule has 0 saturated carbocycles. The molecule has 184 valence electrons. The minimum atomic E-state index is -3.92. The van der Waals surface area contributed by atoms with Gasteiger partial charge in [0.25, 0.3) is 0 Å². The maximum atomic E-state index is 13.9. The van der Waals surface area contributed by atoms with Crippen LogP contribution in [0.25, 0.3) is 12.2 Å². The van der Waals surface area contributed by atoms with Gasteiger partial charge in [-0.3, -0.25) is 4.79 Å². The number of benzene rings is 2. The second-order valence-corrected chi connectivity index (χ2v) is 10.6. The third-order valence-corrected chi connectivity index (χ3v) is 8.41. The molecule has 7 nitrogen and oxygen atoms in total. The van der Waals surface area contributed by atoms with Crippen molar-refractivity contribution in [2.75, 3.05) is 13.1 Å². The number of carbonyl (C=O) groups excluding carboxylic acids is 1. The van der Waals surface area contributed by atoms with E-state index in [0.29, 0.717) is 30.0 Å². The predicted octanol–water partition coefficient (Wildman–Crippen LogP) is 4.66. The Labute approximate surface area is 208 Å². The number of aromatic nitrogens is 1. The van der Waals surface area contributed by atoms with Crippen LogP contribution in [0.15, 0.2) is 57.9 Å². The molecule has 10 heteroatoms. The number of halogens is 2. The molecule has 1 amide bonds. The molecule has 35 heavy (non-hydrogen) atoms. The molecule has 1 aliphatic rings. The highest BCUT2D eigenvalue weighted by atomic mass is 35.5. The van der Waals surface area contributed by atoms with Crippen molar-refractivity contribution in [3.63, 3.8) is 0 Å². The number of piperidine rings is 1. The first-order valence-electron chi connectivity index (χ1n) is 11.2. The Kier molecular flexibility index (Phi) is 7.69. The molecule has 1 aromatic heterocycles. The summed E-state index contributed by atoms with van der Waals surface area (Å²) in [6, 6.07) is 13.4. The molecule has 4 rings (SSSR count). The highest BCUT2D eigenvalue weighted by molar-refractivity contribution is 7.89. The number of aryl methyl sites for hydroxylation is 1. The van der Waals surface area contributed by atoms with Crippen molar-refractivity contribution in [1.29, 1.82) is 0 Å². The van der Waals surface area contributed by atoms with E-state index < -0.39 is 15.8 Å². The lowest BCUT2D eigenvalue weighted by atomic mass is 9.97. The molecule has 0 radical (unpaired) electrons. The summed E-state index contributed by atoms with van der Waals surface area (Å²) in [5, 5.41) is 7.29. The molecular weight excluding hydrogens is 493 g/mol. The van der Waals surface area contributed by atoms with E-state index in [4.69, 9.17) is 16.1 Å². The van der Waals surface area contributed by atoms with Crippen molar-refractivity contribution >= 4 is 39.7 Å². The van der Waals surface area contributed by atoms with E-state index in [1.807, 2.05) is 18.2 Å². The quantitative estimate of drug-likeness (QED) is 0.492. The maximum Gasteiger partial charge on any atom is 0.248 e. The first kappa shape index (κ1) is 25.1. The summed E-state index contributed by atoms with van der Waals surface area (Å²) in [4.78, 5) is 12.6. The third-order valence-electron chi connectivity index (χ3n) is 5.99. The van der Waals surface area contributed by atoms with E-state index in [1.165, 1.54) is 22.5 Å². The molecule has 1 aliphatic heterocycles. The summed E-state index contributed by atoms with van der Waals surface area (Å²) in [6.45, 7) is 2.24. The fourth-order valence-electron chi connectivity index (χ4n) is 4.03. The molecule has 1 N–H and O–H groups in total. The number of nitrogens with one attached hydrogen (secondary N) is 1. The summed E-state index contributed by atoms with van der Waals surface area (Å²) in [6.07, 6.45) is 3.63. The second kappa shape index (κ2) is 10.7. The first-order valence-corrected chi connectivity index (χ1v) is 13.0. The predicted molar refractivity (Wildman–Crippen MR) is 131 cm³/mol. The van der Waals surface area contributed by atoms with Gasteiger partial charge in [0.1, 0.15) is 11.5 Å². The molecule has 1 fully saturated rings. The molecule has 0 spiro atoms. The van der Waals surface area contributed by atoms with Crippen LogP contribution in [0.4, 0.5) is 4.39 Å². The Morgan fingerprint density at radius 3 is 2.57 bits per heavy atom. The smallest absolute Gasteiger partial charge is 0.248 e. The normalized spacial score (nSPS) is 15.5. The SMILES string of the molecule is Cc1noc(/C=C/c2ccccc2F)c1S(=O)(=O)N1CCC(C(=O)NCc2ccccc2Cl)CC1. The average Bonchev–Trinajstić information content (AvgIpc) is 3.24. The van der Waals surface area contributed by atoms with Crippen molar-refractivity contribution in [1.82, 2.24) is 14.8 Å². The van der Waals surface area contributed by atoms with Crippen LogP contribution in [0.2, 0.25) is 5.02 Å². The lowest BCUT2D eigenvalue weighted by molar-refractivity contribution is -0.126. The van der Waals surface area contributed by atoms with Crippen LogP contribution >= 0.6 is 11.6 Å². The summed E-state index contributed by atoms with van der Waals surface area (Å²) in [5.41, 5.74) is 1.34. The zero-order valence-electron chi connectivity index (χ0n) is 19.1. The van der Waals surface area contributed by atoms with Gasteiger partial charge in [-0.25, -0.2) is 12.8 Å². The van der Waals surface area contributed by atoms with Gasteiger partial charge in [0.05, 0.1) is 0 Å². The van der Waals surface area contributed by atoms with Crippen molar-refractivity contribution in [2.24, 2.45) is 5.92 Å². The van der Waals surface area contributed by atoms with Crippen LogP contribution in [-0.2, 0) is 21.4 Å². The molecule has 3 aromatic rings. The molecule has 0 atom stereocenters. The van der Waals surface area contributed by atoms with Gasteiger partial charge >= 0.3 is 0 Å². The van der Waals surface area contributed by atoms with Crippen molar-refractivity contribution < 1.29 is 22.1 Å². The van der Waals surface area contributed by atoms with E-state index in [1.54, 1.807) is 31.2 Å². The number of sulfonamides is 1. The Morgan fingerprint density at radius 2 is 1.86 bits per heavy atom. The van der Waals surface area contributed by atoms with Crippen LogP contribution in [0.5, 0.6) is 0 Å². The first-order chi connectivity index (χ1) is 16.8. The van der Waals surface area contributed by atoms with Crippen molar-refractivity contribution in [3.8, 4) is 0 Å². The van der Waals surface area contributed by atoms with Crippen LogP contribution in [0.1, 0.15) is 35.4 Å². The number of hydrogen-bond donors (Lipinski definition) is 1. The van der Waals surface area contributed by atoms with E-state index >= 15 is 0 Å². The molecule has 0 aliphatic carbocycles. The topological polar surface area (TPSA) is 92.5 Å². The van der Waals surface area contributed by atoms with Crippen molar-refractivity contribution in [2.45, 2.75) is 31.2 Å². The molecule has 1 saturated heterocycles. The lowest BCUT2D eigenvalue weighted by Crippen LogP contribution is -2.43. The fourth-order valence-corrected chi connectivity index (χ4v) is 5.95. The highest BCUT2D eigenvalue weighted by Gasteiger charge is 2.35. The third kappa shape index (κ3) is 5.63.